The van der Waals surface area contributed by atoms with Crippen molar-refractivity contribution < 1.29 is 13.9 Å². The fraction of sp³-hybridized carbons (Fsp3) is 0.381. The molecule has 2 aromatic heterocycles. The standard InChI is InChI=1S/C21H25NO3/c1-4-6-14(7-5-2)19-17-9-8-15(21(23)24-3)12-18(17)22-20(19)16-10-11-25-13-16/h8-14,22H,4-7H2,1-3H3. The molecule has 4 nitrogen and oxygen atoms in total. The Labute approximate surface area is 148 Å². The van der Waals surface area contributed by atoms with E-state index in [1.807, 2.05) is 24.3 Å². The average molecular weight is 339 g/mol. The first-order valence-corrected chi connectivity index (χ1v) is 8.96. The lowest BCUT2D eigenvalue weighted by Gasteiger charge is -2.17. The summed E-state index contributed by atoms with van der Waals surface area (Å²) in [5.41, 5.74) is 4.99. The molecule has 0 saturated carbocycles. The third kappa shape index (κ3) is 3.34. The summed E-state index contributed by atoms with van der Waals surface area (Å²) in [6.45, 7) is 4.45. The SMILES string of the molecule is CCCC(CCC)c1c(-c2ccoc2)[nH]c2cc(C(=O)OC)ccc12. The summed E-state index contributed by atoms with van der Waals surface area (Å²) in [4.78, 5) is 15.4. The van der Waals surface area contributed by atoms with Crippen LogP contribution in [0.3, 0.4) is 0 Å². The van der Waals surface area contributed by atoms with E-state index < -0.39 is 0 Å². The molecule has 0 bridgehead atoms. The highest BCUT2D eigenvalue weighted by atomic mass is 16.5. The molecular formula is C21H25NO3. The molecule has 0 spiro atoms. The van der Waals surface area contributed by atoms with Gasteiger partial charge in [0, 0.05) is 16.5 Å². The van der Waals surface area contributed by atoms with Gasteiger partial charge in [-0.05, 0) is 42.5 Å². The Morgan fingerprint density at radius 3 is 2.56 bits per heavy atom. The Balaban J connectivity index is 2.20. The fourth-order valence-corrected chi connectivity index (χ4v) is 3.65. The smallest absolute Gasteiger partial charge is 0.337 e. The van der Waals surface area contributed by atoms with Gasteiger partial charge in [-0.15, -0.1) is 0 Å². The van der Waals surface area contributed by atoms with Gasteiger partial charge in [0.1, 0.15) is 0 Å². The lowest BCUT2D eigenvalue weighted by Crippen LogP contribution is -2.01. The van der Waals surface area contributed by atoms with Gasteiger partial charge in [0.25, 0.3) is 0 Å². The first-order chi connectivity index (χ1) is 12.2. The summed E-state index contributed by atoms with van der Waals surface area (Å²) in [6.07, 6.45) is 8.03. The zero-order valence-corrected chi connectivity index (χ0v) is 15.1. The first-order valence-electron chi connectivity index (χ1n) is 8.96. The molecule has 0 aliphatic heterocycles. The minimum Gasteiger partial charge on any atom is -0.472 e. The molecule has 1 N–H and O–H groups in total. The van der Waals surface area contributed by atoms with Gasteiger partial charge in [-0.3, -0.25) is 0 Å². The number of fused-ring (bicyclic) bond motifs is 1. The Bertz CT molecular complexity index is 840. The van der Waals surface area contributed by atoms with Gasteiger partial charge in [0.15, 0.2) is 0 Å². The van der Waals surface area contributed by atoms with Crippen LogP contribution in [-0.4, -0.2) is 18.1 Å². The molecule has 0 fully saturated rings. The van der Waals surface area contributed by atoms with Gasteiger partial charge in [0.2, 0.25) is 0 Å². The second-order valence-corrected chi connectivity index (χ2v) is 6.45. The Morgan fingerprint density at radius 2 is 1.96 bits per heavy atom. The maximum atomic E-state index is 11.9. The van der Waals surface area contributed by atoms with Crippen LogP contribution in [0.25, 0.3) is 22.2 Å². The molecule has 0 unspecified atom stereocenters. The highest BCUT2D eigenvalue weighted by Crippen LogP contribution is 2.40. The summed E-state index contributed by atoms with van der Waals surface area (Å²) in [7, 11) is 1.40. The molecule has 3 aromatic rings. The van der Waals surface area contributed by atoms with Crippen molar-refractivity contribution in [2.24, 2.45) is 0 Å². The summed E-state index contributed by atoms with van der Waals surface area (Å²) >= 11 is 0. The Morgan fingerprint density at radius 1 is 1.20 bits per heavy atom. The number of nitrogens with one attached hydrogen (secondary N) is 1. The van der Waals surface area contributed by atoms with E-state index in [4.69, 9.17) is 9.15 Å². The molecule has 0 amide bonds. The monoisotopic (exact) mass is 339 g/mol. The number of hydrogen-bond donors (Lipinski definition) is 1. The molecule has 132 valence electrons. The lowest BCUT2D eigenvalue weighted by molar-refractivity contribution is 0.0601. The zero-order valence-electron chi connectivity index (χ0n) is 15.1. The average Bonchev–Trinajstić information content (AvgIpc) is 3.27. The van der Waals surface area contributed by atoms with Crippen molar-refractivity contribution in [1.29, 1.82) is 0 Å². The van der Waals surface area contributed by atoms with E-state index in [1.165, 1.54) is 18.1 Å². The van der Waals surface area contributed by atoms with Gasteiger partial charge in [-0.2, -0.15) is 0 Å². The normalized spacial score (nSPS) is 11.4. The van der Waals surface area contributed by atoms with E-state index >= 15 is 0 Å². The molecule has 4 heteroatoms. The Kier molecular flexibility index (Phi) is 5.27. The third-order valence-electron chi connectivity index (χ3n) is 4.75. The second kappa shape index (κ2) is 7.60. The minimum absolute atomic E-state index is 0.318. The maximum Gasteiger partial charge on any atom is 0.337 e. The van der Waals surface area contributed by atoms with E-state index in [2.05, 4.69) is 18.8 Å². The van der Waals surface area contributed by atoms with E-state index in [-0.39, 0.29) is 5.97 Å². The van der Waals surface area contributed by atoms with Gasteiger partial charge in [0.05, 0.1) is 30.9 Å². The van der Waals surface area contributed by atoms with Crippen molar-refractivity contribution in [3.8, 4) is 11.3 Å². The summed E-state index contributed by atoms with van der Waals surface area (Å²) < 4.78 is 10.2. The largest absolute Gasteiger partial charge is 0.472 e. The van der Waals surface area contributed by atoms with E-state index in [9.17, 15) is 4.79 Å². The molecule has 0 aliphatic carbocycles. The summed E-state index contributed by atoms with van der Waals surface area (Å²) in [5.74, 6) is 0.166. The van der Waals surface area contributed by atoms with Crippen LogP contribution in [0, 0.1) is 0 Å². The van der Waals surface area contributed by atoms with E-state index in [1.54, 1.807) is 12.5 Å². The minimum atomic E-state index is -0.318. The quantitative estimate of drug-likeness (QED) is 0.545. The van der Waals surface area contributed by atoms with Crippen LogP contribution in [0.1, 0.15) is 61.4 Å². The number of carbonyl (C=O) groups excluding carboxylic acids is 1. The number of aromatic amines is 1. The number of ether oxygens (including phenoxy) is 1. The first kappa shape index (κ1) is 17.3. The molecule has 0 saturated heterocycles. The van der Waals surface area contributed by atoms with Gasteiger partial charge in [-0.25, -0.2) is 4.79 Å². The third-order valence-corrected chi connectivity index (χ3v) is 4.75. The molecule has 3 rings (SSSR count). The molecular weight excluding hydrogens is 314 g/mol. The molecule has 1 aromatic carbocycles. The number of benzene rings is 1. The molecule has 25 heavy (non-hydrogen) atoms. The van der Waals surface area contributed by atoms with Crippen LogP contribution in [0.5, 0.6) is 0 Å². The van der Waals surface area contributed by atoms with Crippen LogP contribution in [0.4, 0.5) is 0 Å². The predicted octanol–water partition coefficient (Wildman–Crippen LogP) is 5.90. The van der Waals surface area contributed by atoms with E-state index in [0.717, 1.165) is 42.5 Å². The van der Waals surface area contributed by atoms with Crippen LogP contribution >= 0.6 is 0 Å². The molecule has 2 heterocycles. The van der Waals surface area contributed by atoms with Gasteiger partial charge < -0.3 is 14.1 Å². The van der Waals surface area contributed by atoms with Crippen LogP contribution in [0.2, 0.25) is 0 Å². The van der Waals surface area contributed by atoms with Crippen molar-refractivity contribution in [3.05, 3.63) is 47.9 Å². The zero-order chi connectivity index (χ0) is 17.8. The predicted molar refractivity (Wildman–Crippen MR) is 99.9 cm³/mol. The van der Waals surface area contributed by atoms with Crippen molar-refractivity contribution in [2.45, 2.75) is 45.4 Å². The van der Waals surface area contributed by atoms with Crippen molar-refractivity contribution in [3.63, 3.8) is 0 Å². The Hall–Kier alpha value is -2.49. The topological polar surface area (TPSA) is 55.2 Å². The number of esters is 1. The lowest BCUT2D eigenvalue weighted by atomic mass is 9.87. The van der Waals surface area contributed by atoms with Crippen LogP contribution in [-0.2, 0) is 4.74 Å². The van der Waals surface area contributed by atoms with Crippen LogP contribution < -0.4 is 0 Å². The number of carbonyl (C=O) groups is 1. The van der Waals surface area contributed by atoms with E-state index in [0.29, 0.717) is 11.5 Å². The highest BCUT2D eigenvalue weighted by Gasteiger charge is 2.22. The molecule has 0 aliphatic rings. The van der Waals surface area contributed by atoms with Crippen molar-refractivity contribution >= 4 is 16.9 Å². The van der Waals surface area contributed by atoms with Gasteiger partial charge in [-0.1, -0.05) is 32.8 Å². The number of furan rings is 1. The molecule has 0 radical (unpaired) electrons. The second-order valence-electron chi connectivity index (χ2n) is 6.45. The van der Waals surface area contributed by atoms with Crippen molar-refractivity contribution in [1.82, 2.24) is 4.98 Å². The number of aromatic nitrogens is 1. The number of H-pyrrole nitrogens is 1. The number of methoxy groups -OCH3 is 1. The summed E-state index contributed by atoms with van der Waals surface area (Å²) in [6, 6.07) is 7.74. The van der Waals surface area contributed by atoms with Crippen LogP contribution in [0.15, 0.2) is 41.2 Å². The summed E-state index contributed by atoms with van der Waals surface area (Å²) in [5, 5.41) is 1.18. The van der Waals surface area contributed by atoms with Gasteiger partial charge >= 0.3 is 5.97 Å². The number of hydrogen-bond acceptors (Lipinski definition) is 3. The highest BCUT2D eigenvalue weighted by molar-refractivity contribution is 5.98. The number of rotatable bonds is 7. The maximum absolute atomic E-state index is 11.9. The molecule has 0 atom stereocenters. The fourth-order valence-electron chi connectivity index (χ4n) is 3.65. The van der Waals surface area contributed by atoms with Crippen molar-refractivity contribution in [2.75, 3.05) is 7.11 Å².